The Labute approximate surface area is 156 Å². The van der Waals surface area contributed by atoms with E-state index in [2.05, 4.69) is 15.9 Å². The average Bonchev–Trinajstić information content (AvgIpc) is 3.02. The van der Waals surface area contributed by atoms with Crippen LogP contribution < -0.4 is 4.74 Å². The van der Waals surface area contributed by atoms with Gasteiger partial charge in [0.1, 0.15) is 11.3 Å². The van der Waals surface area contributed by atoms with Crippen molar-refractivity contribution in [2.24, 2.45) is 0 Å². The van der Waals surface area contributed by atoms with Crippen LogP contribution in [-0.2, 0) is 16.0 Å². The second-order valence-electron chi connectivity index (χ2n) is 5.38. The summed E-state index contributed by atoms with van der Waals surface area (Å²) in [6.45, 7) is -0.280. The van der Waals surface area contributed by atoms with E-state index in [4.69, 9.17) is 13.9 Å². The van der Waals surface area contributed by atoms with Crippen LogP contribution in [0, 0.1) is 10.1 Å². The van der Waals surface area contributed by atoms with Crippen LogP contribution in [0.25, 0.3) is 11.0 Å². The monoisotopic (exact) mass is 419 g/mol. The predicted molar refractivity (Wildman–Crippen MR) is 97.2 cm³/mol. The third-order valence-electron chi connectivity index (χ3n) is 3.55. The molecule has 8 heteroatoms. The molecule has 0 radical (unpaired) electrons. The second kappa shape index (κ2) is 8.01. The lowest BCUT2D eigenvalue weighted by Crippen LogP contribution is -2.16. The quantitative estimate of drug-likeness (QED) is 0.322. The Balaban J connectivity index is 1.49. The first-order valence-corrected chi connectivity index (χ1v) is 8.52. The van der Waals surface area contributed by atoms with E-state index in [0.29, 0.717) is 12.2 Å². The molecule has 0 saturated carbocycles. The van der Waals surface area contributed by atoms with Crippen LogP contribution in [0.15, 0.2) is 57.4 Å². The van der Waals surface area contributed by atoms with Gasteiger partial charge in [-0.15, -0.1) is 0 Å². The van der Waals surface area contributed by atoms with Crippen molar-refractivity contribution in [2.75, 3.05) is 13.2 Å². The van der Waals surface area contributed by atoms with E-state index in [1.165, 1.54) is 18.2 Å². The lowest BCUT2D eigenvalue weighted by atomic mass is 10.2. The fourth-order valence-corrected chi connectivity index (χ4v) is 2.75. The van der Waals surface area contributed by atoms with E-state index in [1.807, 2.05) is 24.3 Å². The number of ether oxygens (including phenoxy) is 2. The van der Waals surface area contributed by atoms with Gasteiger partial charge in [-0.2, -0.15) is 0 Å². The van der Waals surface area contributed by atoms with Crippen molar-refractivity contribution >= 4 is 38.6 Å². The first-order valence-electron chi connectivity index (χ1n) is 7.73. The number of hydrogen-bond donors (Lipinski definition) is 0. The van der Waals surface area contributed by atoms with Gasteiger partial charge in [0.15, 0.2) is 12.4 Å². The fourth-order valence-electron chi connectivity index (χ4n) is 2.37. The summed E-state index contributed by atoms with van der Waals surface area (Å²) in [5.74, 6) is 0.116. The molecular formula is C18H14BrNO6. The number of furan rings is 1. The minimum absolute atomic E-state index is 0.0253. The maximum atomic E-state index is 11.8. The Morgan fingerprint density at radius 2 is 2.00 bits per heavy atom. The van der Waals surface area contributed by atoms with Gasteiger partial charge in [0, 0.05) is 22.3 Å². The van der Waals surface area contributed by atoms with Crippen molar-refractivity contribution in [3.8, 4) is 5.75 Å². The van der Waals surface area contributed by atoms with E-state index >= 15 is 0 Å². The average molecular weight is 420 g/mol. The topological polar surface area (TPSA) is 91.8 Å². The van der Waals surface area contributed by atoms with Crippen molar-refractivity contribution in [1.29, 1.82) is 0 Å². The number of benzene rings is 2. The van der Waals surface area contributed by atoms with E-state index < -0.39 is 17.5 Å². The Kier molecular flexibility index (Phi) is 5.52. The largest absolute Gasteiger partial charge is 0.475 e. The molecule has 0 aliphatic carbocycles. The van der Waals surface area contributed by atoms with Gasteiger partial charge in [-0.05, 0) is 30.3 Å². The first-order chi connectivity index (χ1) is 12.5. The van der Waals surface area contributed by atoms with Crippen LogP contribution in [0.5, 0.6) is 5.75 Å². The number of nitro groups is 1. The minimum atomic E-state index is -0.609. The van der Waals surface area contributed by atoms with Crippen molar-refractivity contribution in [3.05, 3.63) is 68.9 Å². The number of halogens is 1. The van der Waals surface area contributed by atoms with Gasteiger partial charge in [-0.1, -0.05) is 28.1 Å². The maximum Gasteiger partial charge on any atom is 0.344 e. The number of hydrogen-bond acceptors (Lipinski definition) is 6. The van der Waals surface area contributed by atoms with Gasteiger partial charge in [0.25, 0.3) is 0 Å². The molecule has 1 aromatic heterocycles. The molecule has 0 saturated heterocycles. The number of esters is 1. The lowest BCUT2D eigenvalue weighted by molar-refractivity contribution is -0.385. The Bertz CT molecular complexity index is 952. The molecule has 0 amide bonds. The molecule has 3 aromatic rings. The number of carbonyl (C=O) groups excluding carboxylic acids is 1. The third kappa shape index (κ3) is 4.40. The molecule has 0 spiro atoms. The van der Waals surface area contributed by atoms with E-state index in [9.17, 15) is 14.9 Å². The summed E-state index contributed by atoms with van der Waals surface area (Å²) in [4.78, 5) is 22.1. The van der Waals surface area contributed by atoms with Gasteiger partial charge in [0.05, 0.1) is 11.5 Å². The smallest absolute Gasteiger partial charge is 0.344 e. The number of nitro benzene ring substituents is 1. The molecule has 0 bridgehead atoms. The molecular weight excluding hydrogens is 406 g/mol. The van der Waals surface area contributed by atoms with Crippen molar-refractivity contribution in [3.63, 3.8) is 0 Å². The van der Waals surface area contributed by atoms with Crippen LogP contribution in [0.2, 0.25) is 0 Å². The lowest BCUT2D eigenvalue weighted by Gasteiger charge is -2.06. The normalized spacial score (nSPS) is 10.7. The predicted octanol–water partition coefficient (Wildman–Crippen LogP) is 4.27. The Morgan fingerprint density at radius 3 is 2.81 bits per heavy atom. The number of rotatable bonds is 7. The van der Waals surface area contributed by atoms with E-state index in [-0.39, 0.29) is 18.0 Å². The van der Waals surface area contributed by atoms with E-state index in [1.54, 1.807) is 6.07 Å². The first kappa shape index (κ1) is 17.9. The standard InChI is InChI=1S/C18H14BrNO6/c19-13-5-6-16-12(9-13)10-14(26-16)7-8-24-18(21)11-25-17-4-2-1-3-15(17)20(22)23/h1-6,9-10H,7-8,11H2. The highest BCUT2D eigenvalue weighted by atomic mass is 79.9. The summed E-state index contributed by atoms with van der Waals surface area (Å²) in [6.07, 6.45) is 0.420. The van der Waals surface area contributed by atoms with Crippen LogP contribution >= 0.6 is 15.9 Å². The van der Waals surface area contributed by atoms with Gasteiger partial charge in [0.2, 0.25) is 0 Å². The zero-order chi connectivity index (χ0) is 18.5. The number of nitrogens with zero attached hydrogens (tertiary/aromatic N) is 1. The van der Waals surface area contributed by atoms with Crippen molar-refractivity contribution in [1.82, 2.24) is 0 Å². The molecule has 0 unspecified atom stereocenters. The van der Waals surface area contributed by atoms with E-state index in [0.717, 1.165) is 15.4 Å². The highest BCUT2D eigenvalue weighted by Gasteiger charge is 2.15. The van der Waals surface area contributed by atoms with Gasteiger partial charge < -0.3 is 13.9 Å². The SMILES string of the molecule is O=C(COc1ccccc1[N+](=O)[O-])OCCc1cc2cc(Br)ccc2o1. The van der Waals surface area contributed by atoms with Crippen molar-refractivity contribution < 1.29 is 23.6 Å². The zero-order valence-corrected chi connectivity index (χ0v) is 15.1. The molecule has 0 N–H and O–H groups in total. The van der Waals surface area contributed by atoms with Crippen LogP contribution in [-0.4, -0.2) is 24.1 Å². The molecule has 26 heavy (non-hydrogen) atoms. The summed E-state index contributed by atoms with van der Waals surface area (Å²) in [5.41, 5.74) is 0.558. The van der Waals surface area contributed by atoms with Crippen LogP contribution in [0.3, 0.4) is 0 Å². The molecule has 0 atom stereocenters. The summed E-state index contributed by atoms with van der Waals surface area (Å²) in [5, 5.41) is 11.8. The summed E-state index contributed by atoms with van der Waals surface area (Å²) in [7, 11) is 0. The highest BCUT2D eigenvalue weighted by Crippen LogP contribution is 2.26. The summed E-state index contributed by atoms with van der Waals surface area (Å²) in [6, 6.07) is 13.4. The molecule has 3 rings (SSSR count). The van der Waals surface area contributed by atoms with Crippen LogP contribution in [0.1, 0.15) is 5.76 Å². The molecule has 2 aromatic carbocycles. The summed E-state index contributed by atoms with van der Waals surface area (Å²) >= 11 is 3.40. The van der Waals surface area contributed by atoms with Crippen LogP contribution in [0.4, 0.5) is 5.69 Å². The fraction of sp³-hybridized carbons (Fsp3) is 0.167. The van der Waals surface area contributed by atoms with Gasteiger partial charge in [-0.25, -0.2) is 4.79 Å². The molecule has 0 aliphatic heterocycles. The molecule has 0 fully saturated rings. The number of para-hydroxylation sites is 2. The Morgan fingerprint density at radius 1 is 1.19 bits per heavy atom. The second-order valence-corrected chi connectivity index (χ2v) is 6.29. The molecule has 1 heterocycles. The number of carbonyl (C=O) groups is 1. The number of fused-ring (bicyclic) bond motifs is 1. The highest BCUT2D eigenvalue weighted by molar-refractivity contribution is 9.10. The zero-order valence-electron chi connectivity index (χ0n) is 13.5. The van der Waals surface area contributed by atoms with Gasteiger partial charge in [-0.3, -0.25) is 10.1 Å². The maximum absolute atomic E-state index is 11.8. The van der Waals surface area contributed by atoms with Crippen molar-refractivity contribution in [2.45, 2.75) is 6.42 Å². The van der Waals surface area contributed by atoms with Gasteiger partial charge >= 0.3 is 11.7 Å². The minimum Gasteiger partial charge on any atom is -0.475 e. The third-order valence-corrected chi connectivity index (χ3v) is 4.04. The summed E-state index contributed by atoms with van der Waals surface area (Å²) < 4.78 is 16.9. The molecule has 134 valence electrons. The Hall–Kier alpha value is -2.87. The molecule has 0 aliphatic rings. The molecule has 7 nitrogen and oxygen atoms in total.